The lowest BCUT2D eigenvalue weighted by Gasteiger charge is -2.31. The van der Waals surface area contributed by atoms with Crippen LogP contribution in [0.15, 0.2) is 0 Å². The molecule has 0 radical (unpaired) electrons. The third-order valence-electron chi connectivity index (χ3n) is 4.28. The van der Waals surface area contributed by atoms with E-state index in [4.69, 9.17) is 23.1 Å². The second-order valence-corrected chi connectivity index (χ2v) is 13.0. The molecule has 0 fully saturated rings. The Bertz CT molecular complexity index is 465. The Morgan fingerprint density at radius 3 is 2.07 bits per heavy atom. The third-order valence-corrected chi connectivity index (χ3v) is 7.87. The zero-order valence-corrected chi connectivity index (χ0v) is 20.3. The van der Waals surface area contributed by atoms with E-state index in [0.717, 1.165) is 6.04 Å². The molecule has 0 spiro atoms. The molecular formula is C18H35BrO7Si. The molecule has 9 heteroatoms. The fourth-order valence-corrected chi connectivity index (χ4v) is 4.94. The Kier molecular flexibility index (Phi) is 11.9. The summed E-state index contributed by atoms with van der Waals surface area (Å²) in [4.78, 5) is 24.4. The first kappa shape index (κ1) is 26.5. The summed E-state index contributed by atoms with van der Waals surface area (Å²) in [6.45, 7) is 8.47. The van der Waals surface area contributed by atoms with Crippen LogP contribution in [0, 0.1) is 5.41 Å². The van der Waals surface area contributed by atoms with Crippen molar-refractivity contribution in [2.24, 2.45) is 5.41 Å². The van der Waals surface area contributed by atoms with Gasteiger partial charge in [-0.2, -0.15) is 0 Å². The Balaban J connectivity index is 4.45. The number of halogens is 1. The van der Waals surface area contributed by atoms with Gasteiger partial charge in [-0.25, -0.2) is 0 Å². The fourth-order valence-electron chi connectivity index (χ4n) is 2.71. The fraction of sp³-hybridized carbons (Fsp3) is 0.889. The molecule has 0 aliphatic rings. The van der Waals surface area contributed by atoms with Gasteiger partial charge in [-0.1, -0.05) is 29.8 Å². The highest BCUT2D eigenvalue weighted by atomic mass is 79.9. The average Bonchev–Trinajstić information content (AvgIpc) is 2.56. The highest BCUT2D eigenvalue weighted by molar-refractivity contribution is 9.10. The minimum Gasteiger partial charge on any atom is -0.465 e. The molecule has 0 heterocycles. The summed E-state index contributed by atoms with van der Waals surface area (Å²) in [5.74, 6) is -0.654. The predicted molar refractivity (Wildman–Crippen MR) is 109 cm³/mol. The molecule has 0 aromatic heterocycles. The van der Waals surface area contributed by atoms with E-state index < -0.39 is 18.3 Å². The van der Waals surface area contributed by atoms with Crippen molar-refractivity contribution in [2.45, 2.75) is 56.9 Å². The number of rotatable bonds is 14. The van der Waals surface area contributed by atoms with Crippen molar-refractivity contribution in [3.8, 4) is 0 Å². The molecule has 0 aromatic rings. The lowest BCUT2D eigenvalue weighted by Crippen LogP contribution is -2.38. The number of carbonyl (C=O) groups is 2. The normalized spacial score (nSPS) is 14.5. The molecule has 27 heavy (non-hydrogen) atoms. The van der Waals surface area contributed by atoms with Crippen LogP contribution in [0.4, 0.5) is 0 Å². The first-order chi connectivity index (χ1) is 12.4. The third kappa shape index (κ3) is 11.2. The molecule has 0 aromatic carbocycles. The highest BCUT2D eigenvalue weighted by Crippen LogP contribution is 2.37. The maximum absolute atomic E-state index is 12.4. The molecule has 0 aliphatic carbocycles. The van der Waals surface area contributed by atoms with Crippen LogP contribution in [-0.4, -0.2) is 66.0 Å². The molecule has 0 saturated carbocycles. The molecule has 0 rings (SSSR count). The first-order valence-corrected chi connectivity index (χ1v) is 12.3. The second kappa shape index (κ2) is 12.2. The Morgan fingerprint density at radius 2 is 1.56 bits per heavy atom. The van der Waals surface area contributed by atoms with E-state index in [1.807, 2.05) is 20.4 Å². The lowest BCUT2D eigenvalue weighted by molar-refractivity contribution is -0.150. The first-order valence-electron chi connectivity index (χ1n) is 9.02. The van der Waals surface area contributed by atoms with E-state index in [-0.39, 0.29) is 25.0 Å². The molecular weight excluding hydrogens is 436 g/mol. The summed E-state index contributed by atoms with van der Waals surface area (Å²) in [6, 6.07) is 0.741. The van der Waals surface area contributed by atoms with Gasteiger partial charge in [0.2, 0.25) is 0 Å². The quantitative estimate of drug-likeness (QED) is 0.166. The van der Waals surface area contributed by atoms with Gasteiger partial charge in [-0.05, 0) is 37.8 Å². The summed E-state index contributed by atoms with van der Waals surface area (Å²) in [6.07, 6.45) is 1.31. The Labute approximate surface area is 172 Å². The van der Waals surface area contributed by atoms with Crippen molar-refractivity contribution in [3.05, 3.63) is 0 Å². The number of hydrogen-bond donors (Lipinski definition) is 0. The number of ether oxygens (including phenoxy) is 3. The van der Waals surface area contributed by atoms with Crippen molar-refractivity contribution in [1.29, 1.82) is 0 Å². The van der Waals surface area contributed by atoms with E-state index in [1.54, 1.807) is 28.3 Å². The molecule has 0 bridgehead atoms. The summed E-state index contributed by atoms with van der Waals surface area (Å²) in [7, 11) is 2.68. The van der Waals surface area contributed by atoms with E-state index >= 15 is 0 Å². The number of hydrogen-bond acceptors (Lipinski definition) is 7. The standard InChI is InChI=1S/C18H35BrO7Si/c1-17(2,13-15(20)25-11-10-22-4)14-18(3,19)16(21)26-9-8-12-27(7,23-5)24-6/h8-14H2,1-7H3. The van der Waals surface area contributed by atoms with Gasteiger partial charge in [0, 0.05) is 21.3 Å². The van der Waals surface area contributed by atoms with Gasteiger partial charge in [0.15, 0.2) is 0 Å². The number of carbonyl (C=O) groups excluding carboxylic acids is 2. The summed E-state index contributed by atoms with van der Waals surface area (Å²) in [5, 5.41) is 0. The van der Waals surface area contributed by atoms with Gasteiger partial charge in [0.1, 0.15) is 10.9 Å². The SMILES string of the molecule is COCCOC(=O)CC(C)(C)CC(C)(Br)C(=O)OCCC[Si](C)(OC)OC. The molecule has 7 nitrogen and oxygen atoms in total. The zero-order valence-electron chi connectivity index (χ0n) is 17.7. The zero-order chi connectivity index (χ0) is 21.1. The van der Waals surface area contributed by atoms with Crippen LogP contribution in [-0.2, 0) is 32.7 Å². The summed E-state index contributed by atoms with van der Waals surface area (Å²) < 4.78 is 25.3. The highest BCUT2D eigenvalue weighted by Gasteiger charge is 2.39. The van der Waals surface area contributed by atoms with E-state index in [0.29, 0.717) is 26.1 Å². The van der Waals surface area contributed by atoms with Crippen LogP contribution in [0.2, 0.25) is 12.6 Å². The van der Waals surface area contributed by atoms with Gasteiger partial charge >= 0.3 is 20.5 Å². The van der Waals surface area contributed by atoms with Crippen molar-refractivity contribution in [2.75, 3.05) is 41.2 Å². The maximum Gasteiger partial charge on any atom is 0.334 e. The van der Waals surface area contributed by atoms with Crippen LogP contribution in [0.3, 0.4) is 0 Å². The second-order valence-electron chi connectivity index (χ2n) is 7.71. The average molecular weight is 471 g/mol. The smallest absolute Gasteiger partial charge is 0.334 e. The Hall–Kier alpha value is -0.483. The van der Waals surface area contributed by atoms with E-state index in [9.17, 15) is 9.59 Å². The topological polar surface area (TPSA) is 80.3 Å². The summed E-state index contributed by atoms with van der Waals surface area (Å²) >= 11 is 3.47. The maximum atomic E-state index is 12.4. The Morgan fingerprint density at radius 1 is 0.963 bits per heavy atom. The molecule has 0 aliphatic heterocycles. The molecule has 0 amide bonds. The van der Waals surface area contributed by atoms with Crippen LogP contribution >= 0.6 is 15.9 Å². The van der Waals surface area contributed by atoms with Crippen LogP contribution in [0.5, 0.6) is 0 Å². The number of methoxy groups -OCH3 is 1. The van der Waals surface area contributed by atoms with Gasteiger partial charge in [-0.15, -0.1) is 0 Å². The van der Waals surface area contributed by atoms with Crippen molar-refractivity contribution in [3.63, 3.8) is 0 Å². The van der Waals surface area contributed by atoms with Gasteiger partial charge < -0.3 is 23.1 Å². The minimum atomic E-state index is -2.15. The van der Waals surface area contributed by atoms with Crippen LogP contribution < -0.4 is 0 Å². The lowest BCUT2D eigenvalue weighted by atomic mass is 9.80. The van der Waals surface area contributed by atoms with Crippen molar-refractivity contribution >= 4 is 36.4 Å². The molecule has 0 saturated heterocycles. The van der Waals surface area contributed by atoms with Crippen molar-refractivity contribution < 1.29 is 32.7 Å². The van der Waals surface area contributed by atoms with Gasteiger partial charge in [0.25, 0.3) is 0 Å². The molecule has 160 valence electrons. The van der Waals surface area contributed by atoms with Crippen LogP contribution in [0.25, 0.3) is 0 Å². The largest absolute Gasteiger partial charge is 0.465 e. The molecule has 1 unspecified atom stereocenters. The van der Waals surface area contributed by atoms with E-state index in [1.165, 1.54) is 0 Å². The molecule has 1 atom stereocenters. The predicted octanol–water partition coefficient (Wildman–Crippen LogP) is 3.43. The minimum absolute atomic E-state index is 0.205. The monoisotopic (exact) mass is 470 g/mol. The van der Waals surface area contributed by atoms with Crippen molar-refractivity contribution in [1.82, 2.24) is 0 Å². The van der Waals surface area contributed by atoms with E-state index in [2.05, 4.69) is 15.9 Å². The summed E-state index contributed by atoms with van der Waals surface area (Å²) in [5.41, 5.74) is -0.432. The van der Waals surface area contributed by atoms with Gasteiger partial charge in [0.05, 0.1) is 19.6 Å². The number of esters is 2. The van der Waals surface area contributed by atoms with Crippen LogP contribution in [0.1, 0.15) is 40.0 Å². The number of alkyl halides is 1. The van der Waals surface area contributed by atoms with Gasteiger partial charge in [-0.3, -0.25) is 9.59 Å². The molecule has 0 N–H and O–H groups in total.